The molecule has 0 unspecified atom stereocenters. The van der Waals surface area contributed by atoms with Gasteiger partial charge >= 0.3 is 0 Å². The maximum absolute atomic E-state index is 14.0. The fourth-order valence-corrected chi connectivity index (χ4v) is 6.72. The zero-order chi connectivity index (χ0) is 27.0. The Balaban J connectivity index is 1.40. The van der Waals surface area contributed by atoms with Gasteiger partial charge in [-0.1, -0.05) is 45.8 Å². The van der Waals surface area contributed by atoms with Gasteiger partial charge in [-0.25, -0.2) is 0 Å². The largest absolute Gasteiger partial charge is 0.494 e. The molecule has 1 aromatic rings. The molecule has 2 N–H and O–H groups in total. The van der Waals surface area contributed by atoms with E-state index in [0.717, 1.165) is 31.4 Å². The maximum atomic E-state index is 14.0. The van der Waals surface area contributed by atoms with Gasteiger partial charge in [-0.05, 0) is 62.3 Å². The highest BCUT2D eigenvalue weighted by Gasteiger charge is 2.72. The molecule has 1 aliphatic carbocycles. The Morgan fingerprint density at radius 3 is 2.58 bits per heavy atom. The Bertz CT molecular complexity index is 1090. The fourth-order valence-electron chi connectivity index (χ4n) is 6.72. The standard InChI is InChI=1S/C30H41N3O5/c1-5-37-21-12-10-20(11-13-21)31-27(34)24-23-14-16-30(38-23)25(24)29(36)33(17-15-18(2)3)26(30)28(35)32-22-9-7-6-8-19(22)4/h10-14,16,18-19,22-26H,5-9,15,17H2,1-4H3,(H,31,34)(H,32,35)/t19-,22+,23-,24+,25-,26-,30-/m0/s1. The minimum Gasteiger partial charge on any atom is -0.494 e. The number of nitrogens with one attached hydrogen (secondary N) is 2. The van der Waals surface area contributed by atoms with Crippen LogP contribution in [0.1, 0.15) is 59.8 Å². The number of nitrogens with zero attached hydrogens (tertiary/aromatic N) is 1. The van der Waals surface area contributed by atoms with Crippen molar-refractivity contribution in [1.82, 2.24) is 10.2 Å². The van der Waals surface area contributed by atoms with E-state index in [4.69, 9.17) is 9.47 Å². The van der Waals surface area contributed by atoms with Gasteiger partial charge in [0.05, 0.1) is 24.5 Å². The van der Waals surface area contributed by atoms with Crippen molar-refractivity contribution in [3.05, 3.63) is 36.4 Å². The number of carbonyl (C=O) groups excluding carboxylic acids is 3. The molecule has 38 heavy (non-hydrogen) atoms. The summed E-state index contributed by atoms with van der Waals surface area (Å²) in [5, 5.41) is 6.25. The Morgan fingerprint density at radius 2 is 1.89 bits per heavy atom. The first-order valence-corrected chi connectivity index (χ1v) is 14.3. The van der Waals surface area contributed by atoms with Gasteiger partial charge in [0.1, 0.15) is 17.4 Å². The lowest BCUT2D eigenvalue weighted by Crippen LogP contribution is -2.57. The number of ether oxygens (including phenoxy) is 2. The molecule has 3 heterocycles. The third-order valence-electron chi connectivity index (χ3n) is 8.74. The Hall–Kier alpha value is -2.87. The van der Waals surface area contributed by atoms with Crippen LogP contribution in [0, 0.1) is 23.7 Å². The lowest BCUT2D eigenvalue weighted by Gasteiger charge is -2.36. The maximum Gasteiger partial charge on any atom is 0.246 e. The van der Waals surface area contributed by atoms with E-state index in [1.54, 1.807) is 29.2 Å². The van der Waals surface area contributed by atoms with E-state index in [1.807, 2.05) is 19.1 Å². The normalized spacial score (nSPS) is 33.5. The van der Waals surface area contributed by atoms with Gasteiger partial charge in [-0.2, -0.15) is 0 Å². The molecule has 5 rings (SSSR count). The molecule has 0 radical (unpaired) electrons. The Labute approximate surface area is 225 Å². The van der Waals surface area contributed by atoms with Crippen LogP contribution < -0.4 is 15.4 Å². The second-order valence-corrected chi connectivity index (χ2v) is 11.7. The van der Waals surface area contributed by atoms with Gasteiger partial charge in [0.15, 0.2) is 0 Å². The number of benzene rings is 1. The minimum atomic E-state index is -1.12. The summed E-state index contributed by atoms with van der Waals surface area (Å²) < 4.78 is 11.9. The molecule has 206 valence electrons. The van der Waals surface area contributed by atoms with Crippen molar-refractivity contribution < 1.29 is 23.9 Å². The van der Waals surface area contributed by atoms with Crippen LogP contribution in [0.2, 0.25) is 0 Å². The van der Waals surface area contributed by atoms with Crippen LogP contribution in [-0.2, 0) is 19.1 Å². The molecule has 7 atom stereocenters. The topological polar surface area (TPSA) is 97.0 Å². The van der Waals surface area contributed by atoms with E-state index < -0.39 is 29.6 Å². The smallest absolute Gasteiger partial charge is 0.246 e. The van der Waals surface area contributed by atoms with Crippen LogP contribution in [0.25, 0.3) is 0 Å². The van der Waals surface area contributed by atoms with Crippen molar-refractivity contribution in [2.45, 2.75) is 83.6 Å². The molecule has 2 bridgehead atoms. The lowest BCUT2D eigenvalue weighted by atomic mass is 9.74. The van der Waals surface area contributed by atoms with E-state index in [-0.39, 0.29) is 23.8 Å². The van der Waals surface area contributed by atoms with E-state index in [9.17, 15) is 14.4 Å². The number of fused-ring (bicyclic) bond motifs is 1. The molecule has 8 nitrogen and oxygen atoms in total. The second-order valence-electron chi connectivity index (χ2n) is 11.7. The van der Waals surface area contributed by atoms with E-state index in [0.29, 0.717) is 30.7 Å². The molecule has 0 aromatic heterocycles. The molecule has 1 aromatic carbocycles. The zero-order valence-electron chi connectivity index (χ0n) is 22.9. The number of hydrogen-bond acceptors (Lipinski definition) is 5. The fraction of sp³-hybridized carbons (Fsp3) is 0.633. The van der Waals surface area contributed by atoms with Crippen LogP contribution >= 0.6 is 0 Å². The first-order valence-electron chi connectivity index (χ1n) is 14.3. The average Bonchev–Trinajstić information content (AvgIpc) is 3.52. The molecule has 2 saturated heterocycles. The molecule has 3 fully saturated rings. The molecule has 4 aliphatic rings. The summed E-state index contributed by atoms with van der Waals surface area (Å²) in [6, 6.07) is 6.50. The molecule has 3 aliphatic heterocycles. The first kappa shape index (κ1) is 26.7. The van der Waals surface area contributed by atoms with E-state index in [2.05, 4.69) is 31.4 Å². The third-order valence-corrected chi connectivity index (χ3v) is 8.74. The molecular weight excluding hydrogens is 482 g/mol. The predicted octanol–water partition coefficient (Wildman–Crippen LogP) is 3.92. The van der Waals surface area contributed by atoms with Gasteiger partial charge in [-0.3, -0.25) is 14.4 Å². The van der Waals surface area contributed by atoms with Crippen molar-refractivity contribution in [3.63, 3.8) is 0 Å². The highest BCUT2D eigenvalue weighted by molar-refractivity contribution is 6.02. The SMILES string of the molecule is CCOc1ccc(NC(=O)[C@@H]2[C@@H]3C=C[C@]4(O3)[C@@H]2C(=O)N(CCC(C)C)[C@H]4C(=O)N[C@@H]2CCCC[C@@H]2C)cc1. The van der Waals surface area contributed by atoms with Crippen LogP contribution in [-0.4, -0.2) is 59.6 Å². The van der Waals surface area contributed by atoms with Gasteiger partial charge in [0, 0.05) is 18.3 Å². The van der Waals surface area contributed by atoms with Crippen LogP contribution in [0.15, 0.2) is 36.4 Å². The lowest BCUT2D eigenvalue weighted by molar-refractivity contribution is -0.141. The van der Waals surface area contributed by atoms with Gasteiger partial charge in [0.25, 0.3) is 0 Å². The van der Waals surface area contributed by atoms with Gasteiger partial charge < -0.3 is 25.0 Å². The second kappa shape index (κ2) is 10.7. The third kappa shape index (κ3) is 4.72. The highest BCUT2D eigenvalue weighted by Crippen LogP contribution is 2.55. The monoisotopic (exact) mass is 523 g/mol. The number of rotatable bonds is 9. The van der Waals surface area contributed by atoms with Crippen molar-refractivity contribution in [2.75, 3.05) is 18.5 Å². The van der Waals surface area contributed by atoms with Crippen molar-refractivity contribution in [3.8, 4) is 5.75 Å². The molecule has 3 amide bonds. The van der Waals surface area contributed by atoms with E-state index in [1.165, 1.54) is 6.42 Å². The van der Waals surface area contributed by atoms with Crippen molar-refractivity contribution in [2.24, 2.45) is 23.7 Å². The summed E-state index contributed by atoms with van der Waals surface area (Å²) in [5.41, 5.74) is -0.497. The molecular formula is C30H41N3O5. The zero-order valence-corrected chi connectivity index (χ0v) is 22.9. The van der Waals surface area contributed by atoms with Crippen LogP contribution in [0.4, 0.5) is 5.69 Å². The Kier molecular flexibility index (Phi) is 7.54. The number of anilines is 1. The van der Waals surface area contributed by atoms with Gasteiger partial charge in [-0.15, -0.1) is 0 Å². The Morgan fingerprint density at radius 1 is 1.16 bits per heavy atom. The number of carbonyl (C=O) groups is 3. The number of amides is 3. The predicted molar refractivity (Wildman–Crippen MR) is 144 cm³/mol. The quantitative estimate of drug-likeness (QED) is 0.479. The van der Waals surface area contributed by atoms with E-state index >= 15 is 0 Å². The number of likely N-dealkylation sites (tertiary alicyclic amines) is 1. The summed E-state index contributed by atoms with van der Waals surface area (Å²) in [5.74, 6) is -0.542. The summed E-state index contributed by atoms with van der Waals surface area (Å²) in [6.45, 7) is 9.33. The summed E-state index contributed by atoms with van der Waals surface area (Å²) >= 11 is 0. The first-order chi connectivity index (χ1) is 18.2. The van der Waals surface area contributed by atoms with Gasteiger partial charge in [0.2, 0.25) is 17.7 Å². The average molecular weight is 524 g/mol. The molecule has 1 saturated carbocycles. The summed E-state index contributed by atoms with van der Waals surface area (Å²) in [4.78, 5) is 43.2. The molecule has 8 heteroatoms. The number of hydrogen-bond donors (Lipinski definition) is 2. The summed E-state index contributed by atoms with van der Waals surface area (Å²) in [6.07, 6.45) is 8.29. The summed E-state index contributed by atoms with van der Waals surface area (Å²) in [7, 11) is 0. The van der Waals surface area contributed by atoms with Crippen molar-refractivity contribution in [1.29, 1.82) is 0 Å². The van der Waals surface area contributed by atoms with Crippen LogP contribution in [0.3, 0.4) is 0 Å². The molecule has 1 spiro atoms. The van der Waals surface area contributed by atoms with Crippen molar-refractivity contribution >= 4 is 23.4 Å². The minimum absolute atomic E-state index is 0.0927. The van der Waals surface area contributed by atoms with Crippen LogP contribution in [0.5, 0.6) is 5.75 Å². The highest BCUT2D eigenvalue weighted by atomic mass is 16.5.